The smallest absolute Gasteiger partial charge is 0.224 e. The largest absolute Gasteiger partial charge is 0.435 e. The highest BCUT2D eigenvalue weighted by Crippen LogP contribution is 2.26. The minimum atomic E-state index is 0.418. The molecule has 0 fully saturated rings. The number of ether oxygens (including phenoxy) is 1. The van der Waals surface area contributed by atoms with Crippen LogP contribution in [0.5, 0.6) is 11.6 Å². The molecule has 20 heavy (non-hydrogen) atoms. The van der Waals surface area contributed by atoms with Gasteiger partial charge in [0.25, 0.3) is 0 Å². The van der Waals surface area contributed by atoms with Gasteiger partial charge < -0.3 is 10.1 Å². The number of aromatic nitrogens is 3. The maximum absolute atomic E-state index is 5.89. The van der Waals surface area contributed by atoms with Crippen LogP contribution in [0, 0.1) is 13.8 Å². The second-order valence-electron chi connectivity index (χ2n) is 5.35. The first kappa shape index (κ1) is 14.5. The zero-order chi connectivity index (χ0) is 14.7. The van der Waals surface area contributed by atoms with Gasteiger partial charge in [0.05, 0.1) is 12.4 Å². The average molecular weight is 274 g/mol. The summed E-state index contributed by atoms with van der Waals surface area (Å²) in [5.74, 6) is 1.36. The molecule has 0 unspecified atom stereocenters. The zero-order valence-electron chi connectivity index (χ0n) is 12.8. The number of nitrogens with one attached hydrogen (secondary N) is 1. The Morgan fingerprint density at radius 1 is 1.35 bits per heavy atom. The van der Waals surface area contributed by atoms with Crippen LogP contribution in [0.4, 0.5) is 0 Å². The van der Waals surface area contributed by atoms with E-state index >= 15 is 0 Å². The molecule has 0 saturated carbocycles. The topological polar surface area (TPSA) is 52.0 Å². The molecular formula is C15H22N4O. The van der Waals surface area contributed by atoms with Crippen LogP contribution in [0.15, 0.2) is 18.5 Å². The average Bonchev–Trinajstić information content (AvgIpc) is 2.73. The molecule has 5 nitrogen and oxygen atoms in total. The molecule has 0 spiro atoms. The highest BCUT2D eigenvalue weighted by atomic mass is 16.5. The summed E-state index contributed by atoms with van der Waals surface area (Å²) in [6.07, 6.45) is 3.53. The Kier molecular flexibility index (Phi) is 4.39. The summed E-state index contributed by atoms with van der Waals surface area (Å²) < 4.78 is 7.60. The van der Waals surface area contributed by atoms with E-state index in [1.165, 1.54) is 5.56 Å². The van der Waals surface area contributed by atoms with E-state index < -0.39 is 0 Å². The Morgan fingerprint density at radius 3 is 2.70 bits per heavy atom. The second kappa shape index (κ2) is 6.05. The van der Waals surface area contributed by atoms with Crippen LogP contribution >= 0.6 is 0 Å². The molecule has 2 heterocycles. The van der Waals surface area contributed by atoms with E-state index in [4.69, 9.17) is 4.74 Å². The second-order valence-corrected chi connectivity index (χ2v) is 5.35. The van der Waals surface area contributed by atoms with Gasteiger partial charge in [-0.25, -0.2) is 4.98 Å². The number of rotatable bonds is 5. The molecule has 2 aromatic rings. The van der Waals surface area contributed by atoms with E-state index in [1.54, 1.807) is 10.9 Å². The van der Waals surface area contributed by atoms with Gasteiger partial charge in [-0.2, -0.15) is 5.10 Å². The Bertz CT molecular complexity index is 590. The van der Waals surface area contributed by atoms with E-state index in [-0.39, 0.29) is 0 Å². The van der Waals surface area contributed by atoms with Gasteiger partial charge in [-0.15, -0.1) is 0 Å². The number of pyridine rings is 1. The van der Waals surface area contributed by atoms with Crippen molar-refractivity contribution in [2.45, 2.75) is 40.3 Å². The SMILES string of the molecule is Cc1cc(C)c(CNC(C)C)c(Oc2cnn(C)c2)n1. The van der Waals surface area contributed by atoms with E-state index in [2.05, 4.69) is 42.2 Å². The number of nitrogens with zero attached hydrogens (tertiary/aromatic N) is 3. The quantitative estimate of drug-likeness (QED) is 0.911. The predicted molar refractivity (Wildman–Crippen MR) is 79.0 cm³/mol. The molecular weight excluding hydrogens is 252 g/mol. The predicted octanol–water partition coefficient (Wildman–Crippen LogP) is 2.72. The molecule has 5 heteroatoms. The maximum atomic E-state index is 5.89. The summed E-state index contributed by atoms with van der Waals surface area (Å²) in [6, 6.07) is 2.50. The molecule has 0 radical (unpaired) electrons. The molecule has 0 aliphatic heterocycles. The number of aryl methyl sites for hydroxylation is 3. The van der Waals surface area contributed by atoms with Crippen molar-refractivity contribution in [2.24, 2.45) is 7.05 Å². The van der Waals surface area contributed by atoms with Gasteiger partial charge in [-0.3, -0.25) is 4.68 Å². The molecule has 0 saturated heterocycles. The fraction of sp³-hybridized carbons (Fsp3) is 0.467. The minimum Gasteiger partial charge on any atom is -0.435 e. The monoisotopic (exact) mass is 274 g/mol. The third kappa shape index (κ3) is 3.57. The molecule has 0 aromatic carbocycles. The van der Waals surface area contributed by atoms with Crippen LogP contribution < -0.4 is 10.1 Å². The normalized spacial score (nSPS) is 11.1. The molecule has 1 N–H and O–H groups in total. The van der Waals surface area contributed by atoms with Crippen molar-refractivity contribution in [3.05, 3.63) is 35.3 Å². The third-order valence-electron chi connectivity index (χ3n) is 3.02. The van der Waals surface area contributed by atoms with Crippen LogP contribution in [-0.4, -0.2) is 20.8 Å². The van der Waals surface area contributed by atoms with Gasteiger partial charge in [0, 0.05) is 30.9 Å². The van der Waals surface area contributed by atoms with Crippen molar-refractivity contribution in [3.63, 3.8) is 0 Å². The lowest BCUT2D eigenvalue weighted by atomic mass is 10.1. The van der Waals surface area contributed by atoms with Crippen molar-refractivity contribution >= 4 is 0 Å². The van der Waals surface area contributed by atoms with Crippen LogP contribution in [0.1, 0.15) is 30.7 Å². The van der Waals surface area contributed by atoms with Gasteiger partial charge in [0.1, 0.15) is 0 Å². The Labute approximate surface area is 120 Å². The Morgan fingerprint density at radius 2 is 2.10 bits per heavy atom. The lowest BCUT2D eigenvalue weighted by molar-refractivity contribution is 0.447. The Balaban J connectivity index is 2.29. The summed E-state index contributed by atoms with van der Waals surface area (Å²) in [6.45, 7) is 9.05. The van der Waals surface area contributed by atoms with E-state index in [0.717, 1.165) is 17.8 Å². The molecule has 0 aliphatic carbocycles. The summed E-state index contributed by atoms with van der Waals surface area (Å²) in [5.41, 5.74) is 3.23. The third-order valence-corrected chi connectivity index (χ3v) is 3.02. The van der Waals surface area contributed by atoms with Gasteiger partial charge in [0.2, 0.25) is 5.88 Å². The van der Waals surface area contributed by atoms with Crippen molar-refractivity contribution < 1.29 is 4.74 Å². The first-order chi connectivity index (χ1) is 9.45. The van der Waals surface area contributed by atoms with Crippen molar-refractivity contribution in [1.82, 2.24) is 20.1 Å². The lowest BCUT2D eigenvalue weighted by Crippen LogP contribution is -2.23. The lowest BCUT2D eigenvalue weighted by Gasteiger charge is -2.15. The molecule has 0 bridgehead atoms. The van der Waals surface area contributed by atoms with E-state index in [1.807, 2.05) is 20.2 Å². The van der Waals surface area contributed by atoms with Gasteiger partial charge in [0.15, 0.2) is 5.75 Å². The highest BCUT2D eigenvalue weighted by molar-refractivity contribution is 5.38. The Hall–Kier alpha value is -1.88. The van der Waals surface area contributed by atoms with Crippen LogP contribution in [0.25, 0.3) is 0 Å². The molecule has 2 aromatic heterocycles. The van der Waals surface area contributed by atoms with Crippen molar-refractivity contribution in [2.75, 3.05) is 0 Å². The summed E-state index contributed by atoms with van der Waals surface area (Å²) in [7, 11) is 1.86. The fourth-order valence-electron chi connectivity index (χ4n) is 2.00. The summed E-state index contributed by atoms with van der Waals surface area (Å²) in [4.78, 5) is 4.52. The fourth-order valence-corrected chi connectivity index (χ4v) is 2.00. The first-order valence-electron chi connectivity index (χ1n) is 6.82. The number of hydrogen-bond donors (Lipinski definition) is 1. The van der Waals surface area contributed by atoms with Crippen molar-refractivity contribution in [1.29, 1.82) is 0 Å². The summed E-state index contributed by atoms with van der Waals surface area (Å²) in [5, 5.41) is 7.52. The minimum absolute atomic E-state index is 0.418. The zero-order valence-corrected chi connectivity index (χ0v) is 12.8. The van der Waals surface area contributed by atoms with Crippen LogP contribution in [0.3, 0.4) is 0 Å². The van der Waals surface area contributed by atoms with E-state index in [0.29, 0.717) is 17.7 Å². The van der Waals surface area contributed by atoms with Crippen LogP contribution in [0.2, 0.25) is 0 Å². The molecule has 0 amide bonds. The molecule has 108 valence electrons. The molecule has 2 rings (SSSR count). The standard InChI is InChI=1S/C15H22N4O/c1-10(2)16-8-14-11(3)6-12(4)18-15(14)20-13-7-17-19(5)9-13/h6-7,9-10,16H,8H2,1-5H3. The van der Waals surface area contributed by atoms with Crippen LogP contribution in [-0.2, 0) is 13.6 Å². The summed E-state index contributed by atoms with van der Waals surface area (Å²) >= 11 is 0. The van der Waals surface area contributed by atoms with E-state index in [9.17, 15) is 0 Å². The van der Waals surface area contributed by atoms with Gasteiger partial charge in [-0.05, 0) is 25.5 Å². The first-order valence-corrected chi connectivity index (χ1v) is 6.82. The van der Waals surface area contributed by atoms with Gasteiger partial charge in [-0.1, -0.05) is 13.8 Å². The highest BCUT2D eigenvalue weighted by Gasteiger charge is 2.12. The maximum Gasteiger partial charge on any atom is 0.224 e. The van der Waals surface area contributed by atoms with Gasteiger partial charge >= 0.3 is 0 Å². The molecule has 0 atom stereocenters. The molecule has 0 aliphatic rings. The number of hydrogen-bond acceptors (Lipinski definition) is 4. The van der Waals surface area contributed by atoms with Crippen molar-refractivity contribution in [3.8, 4) is 11.6 Å².